The van der Waals surface area contributed by atoms with Crippen molar-refractivity contribution < 1.29 is 18.7 Å². The summed E-state index contributed by atoms with van der Waals surface area (Å²) in [6.07, 6.45) is 0. The molecule has 0 aliphatic carbocycles. The standard InChI is InChI=1S/C20H16FNO3/c21-18-8-4-3-7-17(18)13-25-19(23)12-22-20(24)16-10-9-14-5-1-2-6-15(14)11-16/h1-11H,12-13H2,(H,22,24). The molecule has 0 saturated heterocycles. The molecule has 0 aliphatic heterocycles. The Morgan fingerprint density at radius 1 is 0.920 bits per heavy atom. The molecule has 1 amide bonds. The molecule has 3 rings (SSSR count). The van der Waals surface area contributed by atoms with Gasteiger partial charge in [-0.1, -0.05) is 48.5 Å². The van der Waals surface area contributed by atoms with Gasteiger partial charge in [0.25, 0.3) is 5.91 Å². The van der Waals surface area contributed by atoms with Gasteiger partial charge in [-0.2, -0.15) is 0 Å². The highest BCUT2D eigenvalue weighted by Crippen LogP contribution is 2.15. The molecule has 3 aromatic rings. The highest BCUT2D eigenvalue weighted by molar-refractivity contribution is 5.99. The van der Waals surface area contributed by atoms with E-state index in [9.17, 15) is 14.0 Å². The van der Waals surface area contributed by atoms with E-state index >= 15 is 0 Å². The van der Waals surface area contributed by atoms with Crippen LogP contribution in [0.1, 0.15) is 15.9 Å². The summed E-state index contributed by atoms with van der Waals surface area (Å²) in [4.78, 5) is 23.9. The first-order chi connectivity index (χ1) is 12.1. The molecule has 4 nitrogen and oxygen atoms in total. The molecule has 0 spiro atoms. The van der Waals surface area contributed by atoms with E-state index in [0.29, 0.717) is 5.56 Å². The molecule has 5 heteroatoms. The van der Waals surface area contributed by atoms with Gasteiger partial charge in [0, 0.05) is 11.1 Å². The molecule has 0 radical (unpaired) electrons. The number of nitrogens with one attached hydrogen (secondary N) is 1. The predicted molar refractivity (Wildman–Crippen MR) is 92.5 cm³/mol. The number of carbonyl (C=O) groups excluding carboxylic acids is 2. The molecule has 0 saturated carbocycles. The molecule has 0 aliphatic rings. The Balaban J connectivity index is 1.54. The van der Waals surface area contributed by atoms with Crippen molar-refractivity contribution in [2.24, 2.45) is 0 Å². The van der Waals surface area contributed by atoms with Gasteiger partial charge in [0.1, 0.15) is 19.0 Å². The number of fused-ring (bicyclic) bond motifs is 1. The molecule has 126 valence electrons. The average Bonchev–Trinajstić information content (AvgIpc) is 2.65. The van der Waals surface area contributed by atoms with Crippen LogP contribution in [-0.2, 0) is 16.1 Å². The van der Waals surface area contributed by atoms with Crippen LogP contribution in [-0.4, -0.2) is 18.4 Å². The Kier molecular flexibility index (Phi) is 5.04. The Bertz CT molecular complexity index is 923. The van der Waals surface area contributed by atoms with Gasteiger partial charge in [-0.15, -0.1) is 0 Å². The van der Waals surface area contributed by atoms with Crippen molar-refractivity contribution in [3.63, 3.8) is 0 Å². The van der Waals surface area contributed by atoms with Gasteiger partial charge >= 0.3 is 5.97 Å². The monoisotopic (exact) mass is 337 g/mol. The molecule has 3 aromatic carbocycles. The number of hydrogen-bond donors (Lipinski definition) is 1. The van der Waals surface area contributed by atoms with Crippen molar-refractivity contribution in [1.82, 2.24) is 5.32 Å². The lowest BCUT2D eigenvalue weighted by molar-refractivity contribution is -0.143. The van der Waals surface area contributed by atoms with Crippen LogP contribution in [0.15, 0.2) is 66.7 Å². The summed E-state index contributed by atoms with van der Waals surface area (Å²) in [5.41, 5.74) is 0.748. The van der Waals surface area contributed by atoms with Crippen molar-refractivity contribution in [2.45, 2.75) is 6.61 Å². The Morgan fingerprint density at radius 2 is 1.64 bits per heavy atom. The second-order valence-electron chi connectivity index (χ2n) is 5.50. The van der Waals surface area contributed by atoms with Crippen LogP contribution in [0.2, 0.25) is 0 Å². The summed E-state index contributed by atoms with van der Waals surface area (Å²) in [7, 11) is 0. The van der Waals surface area contributed by atoms with Gasteiger partial charge in [0.05, 0.1) is 0 Å². The van der Waals surface area contributed by atoms with E-state index in [0.717, 1.165) is 10.8 Å². The van der Waals surface area contributed by atoms with Gasteiger partial charge in [-0.3, -0.25) is 9.59 Å². The fraction of sp³-hybridized carbons (Fsp3) is 0.100. The smallest absolute Gasteiger partial charge is 0.325 e. The van der Waals surface area contributed by atoms with Gasteiger partial charge in [-0.25, -0.2) is 4.39 Å². The van der Waals surface area contributed by atoms with Crippen molar-refractivity contribution in [3.05, 3.63) is 83.7 Å². The third-order valence-corrected chi connectivity index (χ3v) is 3.75. The van der Waals surface area contributed by atoms with Gasteiger partial charge < -0.3 is 10.1 Å². The summed E-state index contributed by atoms with van der Waals surface area (Å²) in [5, 5.41) is 4.48. The van der Waals surface area contributed by atoms with Crippen molar-refractivity contribution in [3.8, 4) is 0 Å². The topological polar surface area (TPSA) is 55.4 Å². The van der Waals surface area contributed by atoms with Crippen molar-refractivity contribution in [2.75, 3.05) is 6.54 Å². The fourth-order valence-corrected chi connectivity index (χ4v) is 2.41. The lowest BCUT2D eigenvalue weighted by Crippen LogP contribution is -2.30. The van der Waals surface area contributed by atoms with Gasteiger partial charge in [-0.05, 0) is 29.0 Å². The molecule has 0 unspecified atom stereocenters. The zero-order valence-electron chi connectivity index (χ0n) is 13.4. The Hall–Kier alpha value is -3.21. The van der Waals surface area contributed by atoms with Crippen LogP contribution in [0.3, 0.4) is 0 Å². The molecular weight excluding hydrogens is 321 g/mol. The molecular formula is C20H16FNO3. The SMILES string of the molecule is O=C(CNC(=O)c1ccc2ccccc2c1)OCc1ccccc1F. The van der Waals surface area contributed by atoms with Crippen LogP contribution in [0, 0.1) is 5.82 Å². The van der Waals surface area contributed by atoms with Crippen molar-refractivity contribution >= 4 is 22.6 Å². The maximum absolute atomic E-state index is 13.4. The summed E-state index contributed by atoms with van der Waals surface area (Å²) >= 11 is 0. The Labute approximate surface area is 144 Å². The van der Waals surface area contributed by atoms with E-state index in [1.54, 1.807) is 24.3 Å². The molecule has 0 heterocycles. The van der Waals surface area contributed by atoms with Crippen molar-refractivity contribution in [1.29, 1.82) is 0 Å². The van der Waals surface area contributed by atoms with E-state index in [-0.39, 0.29) is 24.6 Å². The quantitative estimate of drug-likeness (QED) is 0.726. The van der Waals surface area contributed by atoms with Crippen LogP contribution in [0.5, 0.6) is 0 Å². The predicted octanol–water partition coefficient (Wildman–Crippen LogP) is 3.45. The first kappa shape index (κ1) is 16.6. The zero-order chi connectivity index (χ0) is 17.6. The second-order valence-corrected chi connectivity index (χ2v) is 5.50. The van der Waals surface area contributed by atoms with E-state index in [1.807, 2.05) is 30.3 Å². The first-order valence-corrected chi connectivity index (χ1v) is 7.79. The highest BCUT2D eigenvalue weighted by atomic mass is 19.1. The second kappa shape index (κ2) is 7.57. The van der Waals surface area contributed by atoms with E-state index < -0.39 is 11.8 Å². The molecule has 0 bridgehead atoms. The number of rotatable bonds is 5. The largest absolute Gasteiger partial charge is 0.459 e. The van der Waals surface area contributed by atoms with Crippen LogP contribution in [0.25, 0.3) is 10.8 Å². The maximum Gasteiger partial charge on any atom is 0.325 e. The molecule has 0 atom stereocenters. The van der Waals surface area contributed by atoms with E-state index in [4.69, 9.17) is 4.74 Å². The average molecular weight is 337 g/mol. The highest BCUT2D eigenvalue weighted by Gasteiger charge is 2.10. The summed E-state index contributed by atoms with van der Waals surface area (Å²) in [5.74, 6) is -1.43. The lowest BCUT2D eigenvalue weighted by Gasteiger charge is -2.08. The molecule has 1 N–H and O–H groups in total. The number of benzene rings is 3. The van der Waals surface area contributed by atoms with Crippen LogP contribution in [0.4, 0.5) is 4.39 Å². The molecule has 0 aromatic heterocycles. The number of ether oxygens (including phenoxy) is 1. The minimum Gasteiger partial charge on any atom is -0.459 e. The number of halogens is 1. The normalized spacial score (nSPS) is 10.4. The minimum atomic E-state index is -0.627. The number of carbonyl (C=O) groups is 2. The molecule has 25 heavy (non-hydrogen) atoms. The van der Waals surface area contributed by atoms with Gasteiger partial charge in [0.15, 0.2) is 0 Å². The third kappa shape index (κ3) is 4.20. The van der Waals surface area contributed by atoms with Gasteiger partial charge in [0.2, 0.25) is 0 Å². The van der Waals surface area contributed by atoms with Crippen LogP contribution < -0.4 is 5.32 Å². The summed E-state index contributed by atoms with van der Waals surface area (Å²) < 4.78 is 18.4. The van der Waals surface area contributed by atoms with E-state index in [2.05, 4.69) is 5.32 Å². The fourth-order valence-electron chi connectivity index (χ4n) is 2.41. The minimum absolute atomic E-state index is 0.169. The first-order valence-electron chi connectivity index (χ1n) is 7.79. The lowest BCUT2D eigenvalue weighted by atomic mass is 10.1. The third-order valence-electron chi connectivity index (χ3n) is 3.75. The maximum atomic E-state index is 13.4. The Morgan fingerprint density at radius 3 is 2.44 bits per heavy atom. The van der Waals surface area contributed by atoms with Crippen LogP contribution >= 0.6 is 0 Å². The number of hydrogen-bond acceptors (Lipinski definition) is 3. The summed E-state index contributed by atoms with van der Waals surface area (Å²) in [6, 6.07) is 19.0. The molecule has 0 fully saturated rings. The summed E-state index contributed by atoms with van der Waals surface area (Å²) in [6.45, 7) is -0.447. The number of amides is 1. The van der Waals surface area contributed by atoms with E-state index in [1.165, 1.54) is 12.1 Å². The zero-order valence-corrected chi connectivity index (χ0v) is 13.4. The number of esters is 1.